The first-order valence-corrected chi connectivity index (χ1v) is 11.0. The number of nitrogens with zero attached hydrogens (tertiary/aromatic N) is 3. The van der Waals surface area contributed by atoms with E-state index in [9.17, 15) is 9.90 Å². The fourth-order valence-corrected chi connectivity index (χ4v) is 4.03. The van der Waals surface area contributed by atoms with Crippen LogP contribution in [0.2, 0.25) is 0 Å². The molecule has 174 valence electrons. The molecule has 1 amide bonds. The Morgan fingerprint density at radius 2 is 1.86 bits per heavy atom. The Kier molecular flexibility index (Phi) is 5.62. The van der Waals surface area contributed by atoms with E-state index >= 15 is 0 Å². The molecule has 8 nitrogen and oxygen atoms in total. The molecule has 35 heavy (non-hydrogen) atoms. The van der Waals surface area contributed by atoms with Gasteiger partial charge in [0.05, 0.1) is 23.7 Å². The van der Waals surface area contributed by atoms with Crippen LogP contribution in [0.15, 0.2) is 66.9 Å². The minimum Gasteiger partial charge on any atom is -0.507 e. The molecule has 0 aliphatic rings. The maximum Gasteiger partial charge on any atom is 0.256 e. The summed E-state index contributed by atoms with van der Waals surface area (Å²) in [5.41, 5.74) is 5.79. The summed E-state index contributed by atoms with van der Waals surface area (Å²) in [6, 6.07) is 17.9. The molecule has 8 heteroatoms. The van der Waals surface area contributed by atoms with Gasteiger partial charge in [-0.1, -0.05) is 6.07 Å². The van der Waals surface area contributed by atoms with E-state index < -0.39 is 0 Å². The van der Waals surface area contributed by atoms with Crippen LogP contribution in [0.25, 0.3) is 33.5 Å². The van der Waals surface area contributed by atoms with Crippen LogP contribution >= 0.6 is 0 Å². The second-order valence-corrected chi connectivity index (χ2v) is 8.23. The highest BCUT2D eigenvalue weighted by atomic mass is 16.5. The van der Waals surface area contributed by atoms with Gasteiger partial charge in [-0.05, 0) is 79.6 Å². The van der Waals surface area contributed by atoms with Crippen molar-refractivity contribution in [2.45, 2.75) is 13.8 Å². The van der Waals surface area contributed by atoms with Gasteiger partial charge in [-0.15, -0.1) is 0 Å². The molecule has 3 aromatic heterocycles. The summed E-state index contributed by atoms with van der Waals surface area (Å²) in [4.78, 5) is 29.3. The number of carbonyl (C=O) groups is 1. The van der Waals surface area contributed by atoms with Crippen LogP contribution in [-0.2, 0) is 0 Å². The van der Waals surface area contributed by atoms with Crippen molar-refractivity contribution in [2.75, 3.05) is 12.4 Å². The number of methoxy groups -OCH3 is 1. The number of aromatic amines is 1. The lowest BCUT2D eigenvalue weighted by atomic mass is 10.0. The summed E-state index contributed by atoms with van der Waals surface area (Å²) in [6.45, 7) is 3.84. The number of fused-ring (bicyclic) bond motifs is 1. The van der Waals surface area contributed by atoms with Crippen molar-refractivity contribution in [3.63, 3.8) is 0 Å². The van der Waals surface area contributed by atoms with E-state index in [0.717, 1.165) is 27.9 Å². The second-order valence-electron chi connectivity index (χ2n) is 8.23. The first-order chi connectivity index (χ1) is 16.9. The summed E-state index contributed by atoms with van der Waals surface area (Å²) in [5.74, 6) is 1.28. The molecule has 5 rings (SSSR count). The van der Waals surface area contributed by atoms with Crippen molar-refractivity contribution in [3.8, 4) is 34.1 Å². The Bertz CT molecular complexity index is 1550. The molecule has 5 aromatic rings. The number of rotatable bonds is 5. The number of ether oxygens (including phenoxy) is 1. The van der Waals surface area contributed by atoms with Crippen molar-refractivity contribution < 1.29 is 14.6 Å². The highest BCUT2D eigenvalue weighted by molar-refractivity contribution is 6.05. The molecule has 0 fully saturated rings. The van der Waals surface area contributed by atoms with Gasteiger partial charge in [0.1, 0.15) is 17.4 Å². The quantitative estimate of drug-likeness (QED) is 0.326. The molecule has 2 aromatic carbocycles. The summed E-state index contributed by atoms with van der Waals surface area (Å²) in [5, 5.41) is 13.4. The zero-order valence-corrected chi connectivity index (χ0v) is 19.5. The standard InChI is InChI=1S/C27H23N5O3/c1-15-11-16(2)29-24(12-15)32-26(34)18-6-8-21-22(14-18)31-25(30-21)20-13-17(7-9-23(20)33)19-5-4-10-28-27(19)35-3/h4-14,33H,1-3H3,(H,30,31)(H,29,32,34). The minimum atomic E-state index is -0.275. The minimum absolute atomic E-state index is 0.0783. The molecule has 0 unspecified atom stereocenters. The number of aryl methyl sites for hydroxylation is 2. The summed E-state index contributed by atoms with van der Waals surface area (Å²) >= 11 is 0. The van der Waals surface area contributed by atoms with Gasteiger partial charge in [-0.25, -0.2) is 15.0 Å². The van der Waals surface area contributed by atoms with E-state index in [-0.39, 0.29) is 11.7 Å². The topological polar surface area (TPSA) is 113 Å². The Hall–Kier alpha value is -4.72. The van der Waals surface area contributed by atoms with Gasteiger partial charge in [0.15, 0.2) is 0 Å². The molecule has 0 bridgehead atoms. The van der Waals surface area contributed by atoms with Gasteiger partial charge in [-0.3, -0.25) is 4.79 Å². The lowest BCUT2D eigenvalue weighted by Crippen LogP contribution is -2.13. The number of imidazole rings is 1. The van der Waals surface area contributed by atoms with E-state index in [1.54, 1.807) is 43.6 Å². The number of pyridine rings is 2. The van der Waals surface area contributed by atoms with Gasteiger partial charge < -0.3 is 20.1 Å². The molecule has 3 N–H and O–H groups in total. The predicted molar refractivity (Wildman–Crippen MR) is 135 cm³/mol. The smallest absolute Gasteiger partial charge is 0.256 e. The van der Waals surface area contributed by atoms with Crippen molar-refractivity contribution >= 4 is 22.8 Å². The highest BCUT2D eigenvalue weighted by Crippen LogP contribution is 2.35. The molecular formula is C27H23N5O3. The second kappa shape index (κ2) is 8.90. The number of carbonyl (C=O) groups excluding carboxylic acids is 1. The highest BCUT2D eigenvalue weighted by Gasteiger charge is 2.15. The van der Waals surface area contributed by atoms with Gasteiger partial charge in [-0.2, -0.15) is 0 Å². The Morgan fingerprint density at radius 1 is 1.00 bits per heavy atom. The van der Waals surface area contributed by atoms with Crippen molar-refractivity contribution in [1.29, 1.82) is 0 Å². The molecule has 3 heterocycles. The molecule has 0 radical (unpaired) electrons. The lowest BCUT2D eigenvalue weighted by molar-refractivity contribution is 0.102. The van der Waals surface area contributed by atoms with Crippen LogP contribution in [0.4, 0.5) is 5.82 Å². The first kappa shape index (κ1) is 22.1. The van der Waals surface area contributed by atoms with Crippen molar-refractivity contribution in [2.24, 2.45) is 0 Å². The van der Waals surface area contributed by atoms with Crippen molar-refractivity contribution in [3.05, 3.63) is 83.7 Å². The molecule has 0 aliphatic heterocycles. The third kappa shape index (κ3) is 4.41. The zero-order chi connectivity index (χ0) is 24.5. The number of H-pyrrole nitrogens is 1. The van der Waals surface area contributed by atoms with Crippen molar-refractivity contribution in [1.82, 2.24) is 19.9 Å². The molecule has 0 aliphatic carbocycles. The third-order valence-electron chi connectivity index (χ3n) is 5.61. The van der Waals surface area contributed by atoms with Crippen LogP contribution in [0.1, 0.15) is 21.6 Å². The summed E-state index contributed by atoms with van der Waals surface area (Å²) in [6.07, 6.45) is 1.66. The van der Waals surface area contributed by atoms with Gasteiger partial charge in [0.25, 0.3) is 5.91 Å². The van der Waals surface area contributed by atoms with Crippen LogP contribution in [0.3, 0.4) is 0 Å². The SMILES string of the molecule is COc1ncccc1-c1ccc(O)c(-c2nc3cc(C(=O)Nc4cc(C)cc(C)n4)ccc3[nH]2)c1. The fourth-order valence-electron chi connectivity index (χ4n) is 4.03. The van der Waals surface area contributed by atoms with Gasteiger partial charge in [0.2, 0.25) is 5.88 Å². The van der Waals surface area contributed by atoms with Crippen LogP contribution < -0.4 is 10.1 Å². The van der Waals surface area contributed by atoms with Gasteiger partial charge in [0, 0.05) is 23.0 Å². The normalized spacial score (nSPS) is 10.9. The Balaban J connectivity index is 1.48. The number of aromatic nitrogens is 4. The van der Waals surface area contributed by atoms with E-state index in [1.807, 2.05) is 44.2 Å². The molecular weight excluding hydrogens is 442 g/mol. The number of anilines is 1. The van der Waals surface area contributed by atoms with E-state index in [2.05, 4.69) is 25.3 Å². The van der Waals surface area contributed by atoms with E-state index in [1.165, 1.54) is 0 Å². The summed E-state index contributed by atoms with van der Waals surface area (Å²) < 4.78 is 5.38. The number of aromatic hydroxyl groups is 1. The molecule has 0 spiro atoms. The molecule has 0 atom stereocenters. The van der Waals surface area contributed by atoms with Crippen LogP contribution in [0.5, 0.6) is 11.6 Å². The number of hydrogen-bond acceptors (Lipinski definition) is 6. The Morgan fingerprint density at radius 3 is 2.66 bits per heavy atom. The number of hydrogen-bond donors (Lipinski definition) is 3. The summed E-state index contributed by atoms with van der Waals surface area (Å²) in [7, 11) is 1.57. The van der Waals surface area contributed by atoms with E-state index in [0.29, 0.717) is 34.2 Å². The first-order valence-electron chi connectivity index (χ1n) is 11.0. The number of phenols is 1. The van der Waals surface area contributed by atoms with Crippen LogP contribution in [0, 0.1) is 13.8 Å². The number of phenolic OH excluding ortho intramolecular Hbond substituents is 1. The lowest BCUT2D eigenvalue weighted by Gasteiger charge is -2.09. The maximum absolute atomic E-state index is 12.8. The average Bonchev–Trinajstić information content (AvgIpc) is 3.27. The fraction of sp³-hybridized carbons (Fsp3) is 0.111. The average molecular weight is 466 g/mol. The molecule has 0 saturated carbocycles. The third-order valence-corrected chi connectivity index (χ3v) is 5.61. The predicted octanol–water partition coefficient (Wildman–Crippen LogP) is 5.27. The Labute approximate surface area is 201 Å². The number of amides is 1. The van der Waals surface area contributed by atoms with E-state index in [4.69, 9.17) is 4.74 Å². The monoisotopic (exact) mass is 465 g/mol. The number of nitrogens with one attached hydrogen (secondary N) is 2. The largest absolute Gasteiger partial charge is 0.507 e. The maximum atomic E-state index is 12.8. The number of benzene rings is 2. The van der Waals surface area contributed by atoms with Gasteiger partial charge >= 0.3 is 0 Å². The molecule has 0 saturated heterocycles. The zero-order valence-electron chi connectivity index (χ0n) is 19.5. The van der Waals surface area contributed by atoms with Crippen LogP contribution in [-0.4, -0.2) is 38.1 Å².